The van der Waals surface area contributed by atoms with Crippen molar-refractivity contribution in [2.45, 2.75) is 76.9 Å². The van der Waals surface area contributed by atoms with Crippen LogP contribution in [0, 0.1) is 5.41 Å². The average Bonchev–Trinajstić information content (AvgIpc) is 3.05. The molecule has 1 heterocycles. The number of nitrogens with one attached hydrogen (secondary N) is 2. The third-order valence-electron chi connectivity index (χ3n) is 5.05. The molecule has 1 aromatic carbocycles. The zero-order chi connectivity index (χ0) is 22.7. The molecule has 168 valence electrons. The lowest BCUT2D eigenvalue weighted by Gasteiger charge is -2.36. The molecule has 7 nitrogen and oxygen atoms in total. The lowest BCUT2D eigenvalue weighted by Crippen LogP contribution is -2.59. The van der Waals surface area contributed by atoms with Gasteiger partial charge in [-0.1, -0.05) is 39.0 Å². The van der Waals surface area contributed by atoms with Crippen molar-refractivity contribution in [3.63, 3.8) is 0 Å². The molecule has 8 heteroatoms. The molecular weight excluding hydrogens is 402 g/mol. The van der Waals surface area contributed by atoms with Gasteiger partial charge >= 0.3 is 6.03 Å². The summed E-state index contributed by atoms with van der Waals surface area (Å²) < 4.78 is 25.7. The molecule has 30 heavy (non-hydrogen) atoms. The molecule has 1 aliphatic rings. The Hall–Kier alpha value is -2.09. The largest absolute Gasteiger partial charge is 0.337 e. The van der Waals surface area contributed by atoms with Gasteiger partial charge in [0.25, 0.3) is 0 Å². The minimum Gasteiger partial charge on any atom is -0.337 e. The summed E-state index contributed by atoms with van der Waals surface area (Å²) >= 11 is 0. The van der Waals surface area contributed by atoms with Gasteiger partial charge < -0.3 is 15.5 Å². The molecule has 0 spiro atoms. The maximum atomic E-state index is 13.4. The number of amides is 3. The van der Waals surface area contributed by atoms with Crippen molar-refractivity contribution >= 4 is 21.8 Å². The van der Waals surface area contributed by atoms with Gasteiger partial charge in [0.05, 0.1) is 10.6 Å². The van der Waals surface area contributed by atoms with Gasteiger partial charge in [-0.3, -0.25) is 4.79 Å². The van der Waals surface area contributed by atoms with Crippen molar-refractivity contribution in [3.8, 4) is 0 Å². The fraction of sp³-hybridized carbons (Fsp3) is 0.636. The molecule has 1 aromatic rings. The van der Waals surface area contributed by atoms with Crippen molar-refractivity contribution in [1.29, 1.82) is 0 Å². The Balaban J connectivity index is 2.19. The van der Waals surface area contributed by atoms with Crippen LogP contribution < -0.4 is 10.6 Å². The van der Waals surface area contributed by atoms with E-state index >= 15 is 0 Å². The number of rotatable bonds is 5. The minimum absolute atomic E-state index is 0.117. The Morgan fingerprint density at radius 2 is 1.70 bits per heavy atom. The van der Waals surface area contributed by atoms with E-state index in [1.165, 1.54) is 0 Å². The van der Waals surface area contributed by atoms with Crippen LogP contribution in [0.5, 0.6) is 0 Å². The monoisotopic (exact) mass is 437 g/mol. The molecule has 0 aliphatic carbocycles. The first-order valence-corrected chi connectivity index (χ1v) is 12.0. The number of hydrogen-bond acceptors (Lipinski definition) is 4. The molecule has 0 radical (unpaired) electrons. The fourth-order valence-electron chi connectivity index (χ4n) is 3.60. The third kappa shape index (κ3) is 6.45. The molecule has 1 aliphatic heterocycles. The summed E-state index contributed by atoms with van der Waals surface area (Å²) in [6, 6.07) is 6.73. The second-order valence-electron chi connectivity index (χ2n) is 10.1. The molecule has 2 N–H and O–H groups in total. The Bertz CT molecular complexity index is 855. The maximum absolute atomic E-state index is 13.4. The number of carbonyl (C=O) groups excluding carboxylic acids is 2. The van der Waals surface area contributed by atoms with Crippen LogP contribution in [0.25, 0.3) is 0 Å². The lowest BCUT2D eigenvalue weighted by molar-refractivity contribution is -0.136. The molecule has 0 saturated carbocycles. The topological polar surface area (TPSA) is 95.6 Å². The number of carbonyl (C=O) groups is 2. The molecule has 1 fully saturated rings. The van der Waals surface area contributed by atoms with E-state index in [4.69, 9.17) is 0 Å². The van der Waals surface area contributed by atoms with E-state index in [9.17, 15) is 18.0 Å². The predicted molar refractivity (Wildman–Crippen MR) is 118 cm³/mol. The van der Waals surface area contributed by atoms with E-state index in [2.05, 4.69) is 10.6 Å². The molecule has 0 bridgehead atoms. The first-order chi connectivity index (χ1) is 13.7. The van der Waals surface area contributed by atoms with E-state index in [-0.39, 0.29) is 16.6 Å². The van der Waals surface area contributed by atoms with Crippen LogP contribution in [0.1, 0.15) is 54.4 Å². The first kappa shape index (κ1) is 24.2. The standard InChI is InChI=1S/C22H35N3O4S/c1-21(2,3)18(23-20(27)24-22(4,5)6)19(26)25-14-10-11-16(25)15-30(28,29)17-12-8-7-9-13-17/h7-9,12-13,16,18H,10-11,14-15H2,1-6H3,(H2,23,24,27). The van der Waals surface area contributed by atoms with Crippen molar-refractivity contribution in [2.75, 3.05) is 12.3 Å². The second kappa shape index (κ2) is 8.96. The molecule has 3 amide bonds. The maximum Gasteiger partial charge on any atom is 0.315 e. The van der Waals surface area contributed by atoms with E-state index in [0.717, 1.165) is 6.42 Å². The van der Waals surface area contributed by atoms with Gasteiger partial charge in [-0.05, 0) is 51.2 Å². The quantitative estimate of drug-likeness (QED) is 0.740. The highest BCUT2D eigenvalue weighted by Gasteiger charge is 2.41. The van der Waals surface area contributed by atoms with E-state index in [1.54, 1.807) is 35.2 Å². The Labute approximate surface area is 180 Å². The highest BCUT2D eigenvalue weighted by molar-refractivity contribution is 7.91. The second-order valence-corrected chi connectivity index (χ2v) is 12.1. The summed E-state index contributed by atoms with van der Waals surface area (Å²) in [5.41, 5.74) is -0.965. The first-order valence-electron chi connectivity index (χ1n) is 10.4. The zero-order valence-corrected chi connectivity index (χ0v) is 19.7. The van der Waals surface area contributed by atoms with Crippen molar-refractivity contribution in [1.82, 2.24) is 15.5 Å². The number of likely N-dealkylation sites (tertiary alicyclic amines) is 1. The summed E-state index contributed by atoms with van der Waals surface area (Å²) in [4.78, 5) is 27.8. The Morgan fingerprint density at radius 1 is 1.10 bits per heavy atom. The molecule has 1 saturated heterocycles. The van der Waals surface area contributed by atoms with Gasteiger partial charge in [0.1, 0.15) is 6.04 Å². The van der Waals surface area contributed by atoms with Crippen molar-refractivity contribution in [2.24, 2.45) is 5.41 Å². The zero-order valence-electron chi connectivity index (χ0n) is 18.9. The van der Waals surface area contributed by atoms with Crippen molar-refractivity contribution in [3.05, 3.63) is 30.3 Å². The normalized spacial score (nSPS) is 18.7. The van der Waals surface area contributed by atoms with Gasteiger partial charge in [0.2, 0.25) is 5.91 Å². The summed E-state index contributed by atoms with van der Waals surface area (Å²) in [6.07, 6.45) is 1.37. The number of nitrogens with zero attached hydrogens (tertiary/aromatic N) is 1. The van der Waals surface area contributed by atoms with Gasteiger partial charge in [-0.25, -0.2) is 13.2 Å². The van der Waals surface area contributed by atoms with Crippen LogP contribution in [0.2, 0.25) is 0 Å². The van der Waals surface area contributed by atoms with Gasteiger partial charge in [-0.15, -0.1) is 0 Å². The fourth-order valence-corrected chi connectivity index (χ4v) is 5.22. The van der Waals surface area contributed by atoms with E-state index in [0.29, 0.717) is 13.0 Å². The predicted octanol–water partition coefficient (Wildman–Crippen LogP) is 2.96. The van der Waals surface area contributed by atoms with Gasteiger partial charge in [-0.2, -0.15) is 0 Å². The molecule has 2 rings (SSSR count). The third-order valence-corrected chi connectivity index (χ3v) is 6.87. The van der Waals surface area contributed by atoms with E-state index < -0.39 is 38.9 Å². The highest BCUT2D eigenvalue weighted by Crippen LogP contribution is 2.27. The van der Waals surface area contributed by atoms with Crippen LogP contribution in [0.15, 0.2) is 35.2 Å². The highest BCUT2D eigenvalue weighted by atomic mass is 32.2. The van der Waals surface area contributed by atoms with Gasteiger partial charge in [0, 0.05) is 18.1 Å². The number of benzene rings is 1. The number of hydrogen-bond donors (Lipinski definition) is 2. The van der Waals surface area contributed by atoms with Crippen LogP contribution in [-0.2, 0) is 14.6 Å². The molecule has 2 unspecified atom stereocenters. The van der Waals surface area contributed by atoms with Crippen LogP contribution in [0.3, 0.4) is 0 Å². The number of sulfone groups is 1. The van der Waals surface area contributed by atoms with Crippen molar-refractivity contribution < 1.29 is 18.0 Å². The number of urea groups is 1. The Morgan fingerprint density at radius 3 is 2.23 bits per heavy atom. The van der Waals surface area contributed by atoms with Crippen LogP contribution in [-0.4, -0.2) is 55.2 Å². The molecule has 0 aromatic heterocycles. The van der Waals surface area contributed by atoms with Crippen LogP contribution in [0.4, 0.5) is 4.79 Å². The molecule has 2 atom stereocenters. The average molecular weight is 438 g/mol. The summed E-state index contributed by atoms with van der Waals surface area (Å²) in [7, 11) is -3.51. The summed E-state index contributed by atoms with van der Waals surface area (Å²) in [5, 5.41) is 5.64. The van der Waals surface area contributed by atoms with Gasteiger partial charge in [0.15, 0.2) is 9.84 Å². The Kier molecular flexibility index (Phi) is 7.22. The van der Waals surface area contributed by atoms with Crippen LogP contribution >= 0.6 is 0 Å². The smallest absolute Gasteiger partial charge is 0.315 e. The SMILES string of the molecule is CC(C)(C)NC(=O)NC(C(=O)N1CCCC1CS(=O)(=O)c1ccccc1)C(C)(C)C. The lowest BCUT2D eigenvalue weighted by atomic mass is 9.85. The minimum atomic E-state index is -3.51. The van der Waals surface area contributed by atoms with E-state index in [1.807, 2.05) is 41.5 Å². The summed E-state index contributed by atoms with van der Waals surface area (Å²) in [6.45, 7) is 11.8. The molecular formula is C22H35N3O4S. The summed E-state index contributed by atoms with van der Waals surface area (Å²) in [5.74, 6) is -0.356.